The highest BCUT2D eigenvalue weighted by Crippen LogP contribution is 2.41. The van der Waals surface area contributed by atoms with Crippen LogP contribution in [0.3, 0.4) is 0 Å². The Morgan fingerprint density at radius 3 is 2.30 bits per heavy atom. The van der Waals surface area contributed by atoms with E-state index in [-0.39, 0.29) is 11.9 Å². The third-order valence-corrected chi connectivity index (χ3v) is 8.50. The van der Waals surface area contributed by atoms with E-state index in [0.717, 1.165) is 48.3 Å². The molecule has 0 unspecified atom stereocenters. The Balaban J connectivity index is 1.33. The average Bonchev–Trinajstić information content (AvgIpc) is 3.39. The van der Waals surface area contributed by atoms with Crippen LogP contribution < -0.4 is 14.7 Å². The molecule has 6 heterocycles. The normalized spacial score (nSPS) is 20.1. The van der Waals surface area contributed by atoms with Crippen molar-refractivity contribution in [2.75, 3.05) is 80.8 Å². The summed E-state index contributed by atoms with van der Waals surface area (Å²) >= 11 is 6.35. The number of morpholine rings is 1. The monoisotopic (exact) mass is 614 g/mol. The van der Waals surface area contributed by atoms with E-state index >= 15 is 0 Å². The minimum atomic E-state index is -4.75. The Labute approximate surface area is 250 Å². The lowest BCUT2D eigenvalue weighted by molar-refractivity contribution is -0.145. The summed E-state index contributed by atoms with van der Waals surface area (Å²) in [7, 11) is 2.08. The maximum Gasteiger partial charge on any atom is 0.451 e. The minimum absolute atomic E-state index is 0.0183. The number of nitrogens with zero attached hydrogens (tertiary/aromatic N) is 9. The molecule has 0 bridgehead atoms. The number of hydrogen-bond donors (Lipinski definition) is 1. The van der Waals surface area contributed by atoms with E-state index in [4.69, 9.17) is 26.3 Å². The third kappa shape index (κ3) is 5.43. The van der Waals surface area contributed by atoms with Crippen molar-refractivity contribution in [3.8, 4) is 0 Å². The van der Waals surface area contributed by atoms with Crippen LogP contribution in [0.1, 0.15) is 28.7 Å². The lowest BCUT2D eigenvalue weighted by atomic mass is 9.94. The molecule has 11 nitrogen and oxygen atoms in total. The van der Waals surface area contributed by atoms with E-state index in [9.17, 15) is 13.2 Å². The molecule has 43 heavy (non-hydrogen) atoms. The molecule has 3 aromatic heterocycles. The highest BCUT2D eigenvalue weighted by atomic mass is 35.5. The first-order chi connectivity index (χ1) is 20.7. The number of ether oxygens (including phenoxy) is 1. The number of aromatic nitrogens is 6. The summed E-state index contributed by atoms with van der Waals surface area (Å²) < 4.78 is 47.7. The zero-order chi connectivity index (χ0) is 29.7. The van der Waals surface area contributed by atoms with E-state index in [2.05, 4.69) is 36.8 Å². The summed E-state index contributed by atoms with van der Waals surface area (Å²) in [6.45, 7) is 5.35. The second kappa shape index (κ2) is 11.1. The number of fused-ring (bicyclic) bond motifs is 3. The van der Waals surface area contributed by atoms with E-state index < -0.39 is 18.0 Å². The molecule has 2 fully saturated rings. The third-order valence-electron chi connectivity index (χ3n) is 8.27. The maximum atomic E-state index is 14.1. The van der Waals surface area contributed by atoms with Gasteiger partial charge in [0.1, 0.15) is 6.04 Å². The second-order valence-electron chi connectivity index (χ2n) is 11.0. The van der Waals surface area contributed by atoms with Gasteiger partial charge in [-0.05, 0) is 37.2 Å². The number of benzene rings is 1. The Bertz CT molecular complexity index is 1620. The highest BCUT2D eigenvalue weighted by Gasteiger charge is 2.40. The molecular weight excluding hydrogens is 585 g/mol. The van der Waals surface area contributed by atoms with Crippen molar-refractivity contribution in [2.24, 2.45) is 0 Å². The summed E-state index contributed by atoms with van der Waals surface area (Å²) in [5.41, 5.74) is 3.46. The van der Waals surface area contributed by atoms with Crippen LogP contribution in [0.25, 0.3) is 10.9 Å². The van der Waals surface area contributed by atoms with Gasteiger partial charge in [0.05, 0.1) is 13.2 Å². The van der Waals surface area contributed by atoms with Crippen LogP contribution >= 0.6 is 11.6 Å². The van der Waals surface area contributed by atoms with E-state index in [1.807, 2.05) is 18.2 Å². The second-order valence-corrected chi connectivity index (χ2v) is 11.5. The number of anilines is 3. The number of aromatic amines is 1. The number of piperazine rings is 1. The zero-order valence-corrected chi connectivity index (χ0v) is 24.2. The van der Waals surface area contributed by atoms with Crippen LogP contribution in [-0.2, 0) is 17.3 Å². The van der Waals surface area contributed by atoms with Crippen molar-refractivity contribution in [2.45, 2.75) is 18.6 Å². The van der Waals surface area contributed by atoms with Crippen molar-refractivity contribution in [1.82, 2.24) is 34.8 Å². The molecule has 0 aliphatic carbocycles. The average molecular weight is 615 g/mol. The number of rotatable bonds is 4. The fraction of sp³-hybridized carbons (Fsp3) is 0.464. The molecule has 0 saturated carbocycles. The van der Waals surface area contributed by atoms with Crippen molar-refractivity contribution in [3.05, 3.63) is 58.3 Å². The molecular formula is C28H30ClF3N10O. The molecule has 1 N–H and O–H groups in total. The summed E-state index contributed by atoms with van der Waals surface area (Å²) in [5.74, 6) is -0.680. The number of likely N-dealkylation sites (N-methyl/N-ethyl adjacent to an activating group) is 1. The van der Waals surface area contributed by atoms with Gasteiger partial charge < -0.3 is 29.3 Å². The van der Waals surface area contributed by atoms with Crippen LogP contribution in [0.15, 0.2) is 30.6 Å². The Hall–Kier alpha value is -3.75. The van der Waals surface area contributed by atoms with Gasteiger partial charge in [-0.1, -0.05) is 11.6 Å². The number of nitrogens with one attached hydrogen (secondary N) is 1. The van der Waals surface area contributed by atoms with Gasteiger partial charge >= 0.3 is 6.18 Å². The first kappa shape index (κ1) is 28.0. The van der Waals surface area contributed by atoms with Gasteiger partial charge in [0, 0.05) is 85.4 Å². The predicted octanol–water partition coefficient (Wildman–Crippen LogP) is 3.56. The molecule has 4 aromatic rings. The van der Waals surface area contributed by atoms with Crippen LogP contribution in [-0.4, -0.2) is 101 Å². The van der Waals surface area contributed by atoms with Gasteiger partial charge in [0.2, 0.25) is 23.7 Å². The molecule has 0 radical (unpaired) electrons. The Morgan fingerprint density at radius 1 is 0.884 bits per heavy atom. The van der Waals surface area contributed by atoms with E-state index in [0.29, 0.717) is 55.8 Å². The summed E-state index contributed by atoms with van der Waals surface area (Å²) in [5, 5.41) is 1.58. The first-order valence-electron chi connectivity index (χ1n) is 14.2. The first-order valence-corrected chi connectivity index (χ1v) is 14.6. The molecule has 226 valence electrons. The van der Waals surface area contributed by atoms with Crippen LogP contribution in [0.4, 0.5) is 31.0 Å². The van der Waals surface area contributed by atoms with Gasteiger partial charge in [-0.25, -0.2) is 9.97 Å². The number of H-pyrrole nitrogens is 1. The van der Waals surface area contributed by atoms with Gasteiger partial charge in [0.15, 0.2) is 0 Å². The van der Waals surface area contributed by atoms with Crippen LogP contribution in [0, 0.1) is 0 Å². The largest absolute Gasteiger partial charge is 0.451 e. The molecule has 2 saturated heterocycles. The zero-order valence-electron chi connectivity index (χ0n) is 23.5. The highest BCUT2D eigenvalue weighted by molar-refractivity contribution is 6.31. The molecule has 0 amide bonds. The summed E-state index contributed by atoms with van der Waals surface area (Å²) in [6, 6.07) is 5.05. The van der Waals surface area contributed by atoms with Gasteiger partial charge in [-0.3, -0.25) is 0 Å². The van der Waals surface area contributed by atoms with E-state index in [1.165, 1.54) is 0 Å². The summed E-state index contributed by atoms with van der Waals surface area (Å²) in [4.78, 5) is 33.2. The molecule has 1 aromatic carbocycles. The smallest absolute Gasteiger partial charge is 0.378 e. The van der Waals surface area contributed by atoms with Gasteiger partial charge in [-0.15, -0.1) is 0 Å². The van der Waals surface area contributed by atoms with E-state index in [1.54, 1.807) is 22.2 Å². The Morgan fingerprint density at radius 2 is 1.58 bits per heavy atom. The fourth-order valence-corrected chi connectivity index (χ4v) is 6.15. The van der Waals surface area contributed by atoms with Crippen molar-refractivity contribution in [3.63, 3.8) is 0 Å². The number of halogens is 4. The lowest BCUT2D eigenvalue weighted by Gasteiger charge is -2.37. The van der Waals surface area contributed by atoms with Crippen molar-refractivity contribution in [1.29, 1.82) is 0 Å². The maximum absolute atomic E-state index is 14.1. The summed E-state index contributed by atoms with van der Waals surface area (Å²) in [6.07, 6.45) is -0.700. The topological polar surface area (TPSA) is 102 Å². The lowest BCUT2D eigenvalue weighted by Crippen LogP contribution is -2.45. The SMILES string of the molecule is CN1CCN(c2ncc([C@H]3c4[nH]c5ccc(Cl)cc5c4CCN3c3nc(N4CCOCC4)nc(C(F)(F)F)n3)cn2)CC1. The van der Waals surface area contributed by atoms with Gasteiger partial charge in [0.25, 0.3) is 0 Å². The molecule has 15 heteroatoms. The molecule has 3 aliphatic heterocycles. The molecule has 1 atom stereocenters. The number of hydrogen-bond acceptors (Lipinski definition) is 10. The van der Waals surface area contributed by atoms with Crippen molar-refractivity contribution < 1.29 is 17.9 Å². The molecule has 0 spiro atoms. The minimum Gasteiger partial charge on any atom is -0.378 e. The standard InChI is InChI=1S/C28H30ClF3N10O/c1-39-6-8-40(9-7-39)25-33-15-17(16-34-25)23-22-19(20-14-18(29)2-3-21(20)35-22)4-5-42(23)27-37-24(28(30,31)32)36-26(38-27)41-10-12-43-13-11-41/h2-3,14-16,23,35H,4-13H2,1H3/t23-/m0/s1. The van der Waals surface area contributed by atoms with Crippen LogP contribution in [0.2, 0.25) is 5.02 Å². The number of alkyl halides is 3. The molecule has 7 rings (SSSR count). The van der Waals surface area contributed by atoms with Gasteiger partial charge in [-0.2, -0.15) is 28.1 Å². The quantitative estimate of drug-likeness (QED) is 0.367. The fourth-order valence-electron chi connectivity index (χ4n) is 5.98. The van der Waals surface area contributed by atoms with Crippen molar-refractivity contribution >= 4 is 40.3 Å². The molecule has 3 aliphatic rings. The van der Waals surface area contributed by atoms with Crippen LogP contribution in [0.5, 0.6) is 0 Å². The predicted molar refractivity (Wildman–Crippen MR) is 156 cm³/mol. The Kier molecular flexibility index (Phi) is 7.22.